The molecule has 30 heavy (non-hydrogen) atoms. The summed E-state index contributed by atoms with van der Waals surface area (Å²) < 4.78 is 5.23. The maximum Gasteiger partial charge on any atom is 0.254 e. The van der Waals surface area contributed by atoms with E-state index < -0.39 is 0 Å². The average molecular weight is 400 g/mol. The van der Waals surface area contributed by atoms with E-state index in [0.717, 1.165) is 16.5 Å². The van der Waals surface area contributed by atoms with E-state index >= 15 is 0 Å². The van der Waals surface area contributed by atoms with Gasteiger partial charge in [0.25, 0.3) is 5.91 Å². The lowest BCUT2D eigenvalue weighted by Crippen LogP contribution is -2.49. The highest BCUT2D eigenvalue weighted by Gasteiger charge is 2.25. The van der Waals surface area contributed by atoms with Crippen molar-refractivity contribution in [1.82, 2.24) is 9.88 Å². The molecule has 0 bridgehead atoms. The molecule has 0 radical (unpaired) electrons. The summed E-state index contributed by atoms with van der Waals surface area (Å²) in [6.45, 7) is 6.55. The zero-order chi connectivity index (χ0) is 21.3. The van der Waals surface area contributed by atoms with E-state index in [9.17, 15) is 10.1 Å². The molecule has 0 saturated carbocycles. The number of ether oxygens (including phenoxy) is 1. The van der Waals surface area contributed by atoms with E-state index in [1.807, 2.05) is 29.2 Å². The standard InChI is InChI=1S/C24H24N4O2/c1-16-7-8-18-13-20(15-25)23(26-22(18)17(16)2)27-9-11-28(12-10-27)24(29)19-5-4-6-21(14-19)30-3/h4-8,13-14H,9-12H2,1-3H3. The molecule has 2 heterocycles. The van der Waals surface area contributed by atoms with Crippen molar-refractivity contribution >= 4 is 22.6 Å². The zero-order valence-corrected chi connectivity index (χ0v) is 17.5. The Morgan fingerprint density at radius 1 is 1.10 bits per heavy atom. The number of nitriles is 1. The van der Waals surface area contributed by atoms with E-state index in [0.29, 0.717) is 48.9 Å². The number of nitrogens with zero attached hydrogens (tertiary/aromatic N) is 4. The smallest absolute Gasteiger partial charge is 0.254 e. The quantitative estimate of drug-likeness (QED) is 0.671. The van der Waals surface area contributed by atoms with Crippen molar-refractivity contribution in [1.29, 1.82) is 5.26 Å². The third kappa shape index (κ3) is 3.55. The van der Waals surface area contributed by atoms with E-state index in [2.05, 4.69) is 30.9 Å². The minimum absolute atomic E-state index is 0.00741. The molecule has 2 aromatic carbocycles. The second-order valence-electron chi connectivity index (χ2n) is 7.56. The van der Waals surface area contributed by atoms with Crippen LogP contribution in [0.1, 0.15) is 27.0 Å². The first kappa shape index (κ1) is 19.7. The van der Waals surface area contributed by atoms with Gasteiger partial charge in [-0.3, -0.25) is 4.79 Å². The third-order valence-corrected chi connectivity index (χ3v) is 5.80. The predicted molar refractivity (Wildman–Crippen MR) is 117 cm³/mol. The van der Waals surface area contributed by atoms with Crippen LogP contribution in [0.2, 0.25) is 0 Å². The van der Waals surface area contributed by atoms with Crippen molar-refractivity contribution < 1.29 is 9.53 Å². The summed E-state index contributed by atoms with van der Waals surface area (Å²) in [6.07, 6.45) is 0. The second kappa shape index (κ2) is 8.03. The van der Waals surface area contributed by atoms with E-state index in [1.54, 1.807) is 19.2 Å². The van der Waals surface area contributed by atoms with Crippen LogP contribution in [0.4, 0.5) is 5.82 Å². The molecule has 6 nitrogen and oxygen atoms in total. The molecule has 1 saturated heterocycles. The molecule has 1 aliphatic rings. The van der Waals surface area contributed by atoms with Crippen molar-refractivity contribution in [3.05, 3.63) is 64.7 Å². The Balaban J connectivity index is 1.56. The Morgan fingerprint density at radius 3 is 2.57 bits per heavy atom. The fraction of sp³-hybridized carbons (Fsp3) is 0.292. The number of benzene rings is 2. The maximum absolute atomic E-state index is 12.9. The van der Waals surface area contributed by atoms with Crippen LogP contribution in [0, 0.1) is 25.2 Å². The maximum atomic E-state index is 12.9. The first-order valence-corrected chi connectivity index (χ1v) is 10.0. The van der Waals surface area contributed by atoms with E-state index in [-0.39, 0.29) is 5.91 Å². The lowest BCUT2D eigenvalue weighted by atomic mass is 10.0. The first-order chi connectivity index (χ1) is 14.5. The molecule has 1 aliphatic heterocycles. The number of amides is 1. The van der Waals surface area contributed by atoms with Crippen LogP contribution in [0.5, 0.6) is 5.75 Å². The summed E-state index contributed by atoms with van der Waals surface area (Å²) in [6, 6.07) is 15.5. The molecule has 0 N–H and O–H groups in total. The first-order valence-electron chi connectivity index (χ1n) is 10.0. The molecule has 1 aromatic heterocycles. The van der Waals surface area contributed by atoms with Gasteiger partial charge in [0.1, 0.15) is 17.6 Å². The molecule has 3 aromatic rings. The van der Waals surface area contributed by atoms with Crippen molar-refractivity contribution in [3.8, 4) is 11.8 Å². The van der Waals surface area contributed by atoms with Gasteiger partial charge in [-0.25, -0.2) is 4.98 Å². The molecule has 1 amide bonds. The van der Waals surface area contributed by atoms with Gasteiger partial charge in [-0.1, -0.05) is 18.2 Å². The van der Waals surface area contributed by atoms with Crippen LogP contribution >= 0.6 is 0 Å². The van der Waals surface area contributed by atoms with Crippen LogP contribution in [0.15, 0.2) is 42.5 Å². The highest BCUT2D eigenvalue weighted by Crippen LogP contribution is 2.27. The molecule has 1 fully saturated rings. The Hall–Kier alpha value is -3.59. The van der Waals surface area contributed by atoms with Crippen LogP contribution < -0.4 is 9.64 Å². The van der Waals surface area contributed by atoms with Crippen molar-refractivity contribution in [2.75, 3.05) is 38.2 Å². The number of carbonyl (C=O) groups is 1. The van der Waals surface area contributed by atoms with Gasteiger partial charge in [0.15, 0.2) is 0 Å². The zero-order valence-electron chi connectivity index (χ0n) is 17.5. The van der Waals surface area contributed by atoms with Crippen molar-refractivity contribution in [2.45, 2.75) is 13.8 Å². The monoisotopic (exact) mass is 400 g/mol. The SMILES string of the molecule is COc1cccc(C(=O)N2CCN(c3nc4c(C)c(C)ccc4cc3C#N)CC2)c1. The van der Waals surface area contributed by atoms with Gasteiger partial charge in [0.2, 0.25) is 0 Å². The number of methoxy groups -OCH3 is 1. The largest absolute Gasteiger partial charge is 0.497 e. The fourth-order valence-electron chi connectivity index (χ4n) is 3.86. The van der Waals surface area contributed by atoms with Gasteiger partial charge in [-0.15, -0.1) is 0 Å². The third-order valence-electron chi connectivity index (χ3n) is 5.80. The number of hydrogen-bond donors (Lipinski definition) is 0. The number of pyridine rings is 1. The van der Waals surface area contributed by atoms with E-state index in [4.69, 9.17) is 9.72 Å². The number of aryl methyl sites for hydroxylation is 2. The molecule has 0 spiro atoms. The Morgan fingerprint density at radius 2 is 1.87 bits per heavy atom. The van der Waals surface area contributed by atoms with Crippen LogP contribution in [0.25, 0.3) is 10.9 Å². The molecular formula is C24H24N4O2. The molecule has 152 valence electrons. The predicted octanol–water partition coefficient (Wildman–Crippen LogP) is 3.69. The van der Waals surface area contributed by atoms with Gasteiger partial charge in [-0.05, 0) is 49.2 Å². The topological polar surface area (TPSA) is 69.5 Å². The number of anilines is 1. The van der Waals surface area contributed by atoms with Crippen LogP contribution in [-0.4, -0.2) is 49.1 Å². The highest BCUT2D eigenvalue weighted by atomic mass is 16.5. The Kier molecular flexibility index (Phi) is 5.28. The number of hydrogen-bond acceptors (Lipinski definition) is 5. The molecule has 6 heteroatoms. The Labute approximate surface area is 176 Å². The van der Waals surface area contributed by atoms with Gasteiger partial charge in [-0.2, -0.15) is 5.26 Å². The lowest BCUT2D eigenvalue weighted by Gasteiger charge is -2.36. The second-order valence-corrected chi connectivity index (χ2v) is 7.56. The van der Waals surface area contributed by atoms with Gasteiger partial charge >= 0.3 is 0 Å². The minimum Gasteiger partial charge on any atom is -0.497 e. The summed E-state index contributed by atoms with van der Waals surface area (Å²) in [4.78, 5) is 21.7. The minimum atomic E-state index is -0.00741. The summed E-state index contributed by atoms with van der Waals surface area (Å²) in [5, 5.41) is 10.7. The molecule has 0 unspecified atom stereocenters. The lowest BCUT2D eigenvalue weighted by molar-refractivity contribution is 0.0746. The summed E-state index contributed by atoms with van der Waals surface area (Å²) in [5.74, 6) is 1.36. The van der Waals surface area contributed by atoms with Crippen LogP contribution in [0.3, 0.4) is 0 Å². The molecule has 0 atom stereocenters. The summed E-state index contributed by atoms with van der Waals surface area (Å²) in [5.41, 5.74) is 4.43. The fourth-order valence-corrected chi connectivity index (χ4v) is 3.86. The molecule has 0 aliphatic carbocycles. The average Bonchev–Trinajstić information content (AvgIpc) is 2.80. The number of carbonyl (C=O) groups excluding carboxylic acids is 1. The summed E-state index contributed by atoms with van der Waals surface area (Å²) >= 11 is 0. The van der Waals surface area contributed by atoms with Crippen molar-refractivity contribution in [3.63, 3.8) is 0 Å². The number of rotatable bonds is 3. The van der Waals surface area contributed by atoms with Gasteiger partial charge in [0.05, 0.1) is 18.2 Å². The number of aromatic nitrogens is 1. The van der Waals surface area contributed by atoms with Gasteiger partial charge < -0.3 is 14.5 Å². The summed E-state index contributed by atoms with van der Waals surface area (Å²) in [7, 11) is 1.59. The van der Waals surface area contributed by atoms with Crippen molar-refractivity contribution in [2.24, 2.45) is 0 Å². The van der Waals surface area contributed by atoms with E-state index in [1.165, 1.54) is 5.56 Å². The van der Waals surface area contributed by atoms with Crippen LogP contribution in [-0.2, 0) is 0 Å². The highest BCUT2D eigenvalue weighted by molar-refractivity contribution is 5.95. The molecular weight excluding hydrogens is 376 g/mol. The van der Waals surface area contributed by atoms with Gasteiger partial charge in [0, 0.05) is 37.1 Å². The number of piperazine rings is 1. The molecule has 4 rings (SSSR count). The Bertz CT molecular complexity index is 1160. The number of fused-ring (bicyclic) bond motifs is 1. The normalized spacial score (nSPS) is 13.9.